The molecule has 0 aliphatic rings. The lowest BCUT2D eigenvalue weighted by molar-refractivity contribution is 0.530. The monoisotopic (exact) mass is 275 g/mol. The molecule has 1 atom stereocenters. The van der Waals surface area contributed by atoms with Gasteiger partial charge in [-0.15, -0.1) is 0 Å². The first kappa shape index (κ1) is 14.2. The minimum Gasteiger partial charge on any atom is -0.468 e. The summed E-state index contributed by atoms with van der Waals surface area (Å²) in [5, 5.41) is 3.38. The van der Waals surface area contributed by atoms with E-state index in [1.54, 1.807) is 6.26 Å². The minimum atomic E-state index is 0.394. The van der Waals surface area contributed by atoms with E-state index in [0.717, 1.165) is 23.7 Å². The number of rotatable bonds is 7. The fourth-order valence-electron chi connectivity index (χ4n) is 2.00. The Morgan fingerprint density at radius 2 is 2.00 bits per heavy atom. The van der Waals surface area contributed by atoms with Crippen LogP contribution in [0.4, 0.5) is 0 Å². The molecule has 0 radical (unpaired) electrons. The van der Waals surface area contributed by atoms with Gasteiger partial charge in [-0.1, -0.05) is 31.2 Å². The second kappa shape index (κ2) is 7.41. The Balaban J connectivity index is 1.88. The van der Waals surface area contributed by atoms with E-state index in [1.165, 1.54) is 11.1 Å². The summed E-state index contributed by atoms with van der Waals surface area (Å²) in [7, 11) is 2.02. The van der Waals surface area contributed by atoms with Crippen molar-refractivity contribution in [3.8, 4) is 0 Å². The molecular formula is C16H21NOS. The van der Waals surface area contributed by atoms with E-state index in [-0.39, 0.29) is 0 Å². The van der Waals surface area contributed by atoms with E-state index in [2.05, 4.69) is 36.5 Å². The first-order chi connectivity index (χ1) is 9.33. The quantitative estimate of drug-likeness (QED) is 0.825. The summed E-state index contributed by atoms with van der Waals surface area (Å²) >= 11 is 1.89. The number of nitrogens with one attached hydrogen (secondary N) is 1. The average molecular weight is 275 g/mol. The molecule has 2 nitrogen and oxygen atoms in total. The maximum absolute atomic E-state index is 5.34. The molecule has 1 heterocycles. The first-order valence-electron chi connectivity index (χ1n) is 6.69. The normalized spacial score (nSPS) is 12.5. The lowest BCUT2D eigenvalue weighted by atomic mass is 10.1. The highest BCUT2D eigenvalue weighted by Crippen LogP contribution is 2.21. The lowest BCUT2D eigenvalue weighted by Crippen LogP contribution is -2.18. The number of hydrogen-bond acceptors (Lipinski definition) is 3. The van der Waals surface area contributed by atoms with E-state index in [4.69, 9.17) is 4.42 Å². The predicted molar refractivity (Wildman–Crippen MR) is 82.5 cm³/mol. The second-order valence-corrected chi connectivity index (χ2v) is 5.56. The van der Waals surface area contributed by atoms with Crippen LogP contribution in [-0.4, -0.2) is 12.8 Å². The van der Waals surface area contributed by atoms with Crippen molar-refractivity contribution < 1.29 is 4.42 Å². The van der Waals surface area contributed by atoms with E-state index in [0.29, 0.717) is 6.04 Å². The molecule has 0 bridgehead atoms. The van der Waals surface area contributed by atoms with Crippen molar-refractivity contribution >= 4 is 11.8 Å². The first-order valence-corrected chi connectivity index (χ1v) is 7.85. The standard InChI is InChI=1S/C16H21NOS/c1-3-13-6-8-14(9-7-13)16(17-2)12-19-11-15-5-4-10-18-15/h4-10,16-17H,3,11-12H2,1-2H3. The highest BCUT2D eigenvalue weighted by atomic mass is 32.2. The Labute approximate surface area is 119 Å². The summed E-state index contributed by atoms with van der Waals surface area (Å²) in [5.74, 6) is 3.02. The van der Waals surface area contributed by atoms with Crippen LogP contribution in [0.15, 0.2) is 47.1 Å². The van der Waals surface area contributed by atoms with Gasteiger partial charge in [0.05, 0.1) is 12.0 Å². The van der Waals surface area contributed by atoms with Gasteiger partial charge in [0.15, 0.2) is 0 Å². The van der Waals surface area contributed by atoms with Crippen LogP contribution in [0.1, 0.15) is 29.9 Å². The fourth-order valence-corrected chi connectivity index (χ4v) is 3.08. The summed E-state index contributed by atoms with van der Waals surface area (Å²) in [4.78, 5) is 0. The Bertz CT molecular complexity index is 464. The Hall–Kier alpha value is -1.19. The van der Waals surface area contributed by atoms with Crippen LogP contribution in [0.2, 0.25) is 0 Å². The van der Waals surface area contributed by atoms with Crippen molar-refractivity contribution in [2.45, 2.75) is 25.1 Å². The molecule has 0 saturated heterocycles. The van der Waals surface area contributed by atoms with Crippen molar-refractivity contribution in [1.82, 2.24) is 5.32 Å². The van der Waals surface area contributed by atoms with Crippen molar-refractivity contribution in [3.63, 3.8) is 0 Å². The molecule has 0 aliphatic heterocycles. The van der Waals surface area contributed by atoms with Crippen molar-refractivity contribution in [1.29, 1.82) is 0 Å². The number of benzene rings is 1. The molecular weight excluding hydrogens is 254 g/mol. The number of thioether (sulfide) groups is 1. The van der Waals surface area contributed by atoms with Gasteiger partial charge in [-0.25, -0.2) is 0 Å². The third-order valence-corrected chi connectivity index (χ3v) is 4.31. The van der Waals surface area contributed by atoms with Crippen LogP contribution >= 0.6 is 11.8 Å². The molecule has 2 rings (SSSR count). The smallest absolute Gasteiger partial charge is 0.113 e. The molecule has 2 aromatic rings. The maximum Gasteiger partial charge on any atom is 0.113 e. The van der Waals surface area contributed by atoms with Crippen LogP contribution in [0.5, 0.6) is 0 Å². The third kappa shape index (κ3) is 4.15. The molecule has 0 spiro atoms. The third-order valence-electron chi connectivity index (χ3n) is 3.25. The van der Waals surface area contributed by atoms with Crippen LogP contribution in [0.3, 0.4) is 0 Å². The van der Waals surface area contributed by atoms with Gasteiger partial charge in [-0.3, -0.25) is 0 Å². The molecule has 19 heavy (non-hydrogen) atoms. The fraction of sp³-hybridized carbons (Fsp3) is 0.375. The molecule has 0 aliphatic carbocycles. The molecule has 1 N–H and O–H groups in total. The van der Waals surface area contributed by atoms with E-state index >= 15 is 0 Å². The summed E-state index contributed by atoms with van der Waals surface area (Å²) in [5.41, 5.74) is 2.74. The highest BCUT2D eigenvalue weighted by molar-refractivity contribution is 7.98. The van der Waals surface area contributed by atoms with Gasteiger partial charge in [-0.2, -0.15) is 11.8 Å². The molecule has 1 aromatic heterocycles. The molecule has 1 unspecified atom stereocenters. The summed E-state index contributed by atoms with van der Waals surface area (Å²) in [6.45, 7) is 2.18. The van der Waals surface area contributed by atoms with Crippen LogP contribution < -0.4 is 5.32 Å². The molecule has 1 aromatic carbocycles. The van der Waals surface area contributed by atoms with Gasteiger partial charge in [0.25, 0.3) is 0 Å². The zero-order valence-electron chi connectivity index (χ0n) is 11.6. The van der Waals surface area contributed by atoms with Crippen LogP contribution in [0, 0.1) is 0 Å². The molecule has 0 fully saturated rings. The molecule has 3 heteroatoms. The molecule has 102 valence electrons. The van der Waals surface area contributed by atoms with Gasteiger partial charge in [-0.05, 0) is 36.7 Å². The van der Waals surface area contributed by atoms with E-state index < -0.39 is 0 Å². The Morgan fingerprint density at radius 1 is 1.21 bits per heavy atom. The van der Waals surface area contributed by atoms with Crippen molar-refractivity contribution in [2.24, 2.45) is 0 Å². The molecule has 0 amide bonds. The van der Waals surface area contributed by atoms with Crippen LogP contribution in [-0.2, 0) is 12.2 Å². The van der Waals surface area contributed by atoms with Crippen molar-refractivity contribution in [2.75, 3.05) is 12.8 Å². The Morgan fingerprint density at radius 3 is 2.58 bits per heavy atom. The largest absolute Gasteiger partial charge is 0.468 e. The number of furan rings is 1. The zero-order valence-corrected chi connectivity index (χ0v) is 12.4. The lowest BCUT2D eigenvalue weighted by Gasteiger charge is -2.16. The SMILES string of the molecule is CCc1ccc(C(CSCc2ccco2)NC)cc1. The number of hydrogen-bond donors (Lipinski definition) is 1. The number of aryl methyl sites for hydroxylation is 1. The maximum atomic E-state index is 5.34. The predicted octanol–water partition coefficient (Wildman–Crippen LogP) is 4.04. The van der Waals surface area contributed by atoms with Crippen molar-refractivity contribution in [3.05, 3.63) is 59.5 Å². The average Bonchev–Trinajstić information content (AvgIpc) is 2.97. The highest BCUT2D eigenvalue weighted by Gasteiger charge is 2.09. The van der Waals surface area contributed by atoms with E-state index in [9.17, 15) is 0 Å². The van der Waals surface area contributed by atoms with Gasteiger partial charge in [0.2, 0.25) is 0 Å². The summed E-state index contributed by atoms with van der Waals surface area (Å²) < 4.78 is 5.34. The minimum absolute atomic E-state index is 0.394. The summed E-state index contributed by atoms with van der Waals surface area (Å²) in [6.07, 6.45) is 2.83. The van der Waals surface area contributed by atoms with Crippen LogP contribution in [0.25, 0.3) is 0 Å². The van der Waals surface area contributed by atoms with E-state index in [1.807, 2.05) is 30.9 Å². The second-order valence-electron chi connectivity index (χ2n) is 4.53. The van der Waals surface area contributed by atoms with Gasteiger partial charge >= 0.3 is 0 Å². The topological polar surface area (TPSA) is 25.2 Å². The Kier molecular flexibility index (Phi) is 5.55. The van der Waals surface area contributed by atoms with Gasteiger partial charge in [0, 0.05) is 11.8 Å². The summed E-state index contributed by atoms with van der Waals surface area (Å²) in [6, 6.07) is 13.3. The van der Waals surface area contributed by atoms with Gasteiger partial charge < -0.3 is 9.73 Å². The zero-order chi connectivity index (χ0) is 13.5. The molecule has 0 saturated carbocycles. The van der Waals surface area contributed by atoms with Gasteiger partial charge in [0.1, 0.15) is 5.76 Å².